The summed E-state index contributed by atoms with van der Waals surface area (Å²) in [6.45, 7) is 2.87. The second-order valence-corrected chi connectivity index (χ2v) is 5.10. The van der Waals surface area contributed by atoms with Crippen LogP contribution in [0.4, 0.5) is 0 Å². The number of thiocarbonyl (C=S) groups is 1. The van der Waals surface area contributed by atoms with Gasteiger partial charge in [0.2, 0.25) is 0 Å². The van der Waals surface area contributed by atoms with Gasteiger partial charge in [-0.2, -0.15) is 0 Å². The number of ether oxygens (including phenoxy) is 1. The molecule has 2 aromatic rings. The van der Waals surface area contributed by atoms with Gasteiger partial charge in [0.25, 0.3) is 5.56 Å². The maximum Gasteiger partial charge on any atom is 0.253 e. The van der Waals surface area contributed by atoms with Gasteiger partial charge in [0, 0.05) is 23.9 Å². The zero-order valence-corrected chi connectivity index (χ0v) is 12.6. The molecule has 1 aromatic heterocycles. The van der Waals surface area contributed by atoms with Gasteiger partial charge in [0.1, 0.15) is 10.7 Å². The van der Waals surface area contributed by atoms with Crippen molar-refractivity contribution in [3.05, 3.63) is 58.3 Å². The van der Waals surface area contributed by atoms with Crippen LogP contribution in [0, 0.1) is 6.92 Å². The Balaban J connectivity index is 1.86. The summed E-state index contributed by atoms with van der Waals surface area (Å²) in [5.41, 5.74) is 7.03. The summed E-state index contributed by atoms with van der Waals surface area (Å²) in [7, 11) is 0. The fraction of sp³-hybridized carbons (Fsp3) is 0.267. The van der Waals surface area contributed by atoms with Gasteiger partial charge in [-0.1, -0.05) is 24.4 Å². The molecule has 0 unspecified atom stereocenters. The van der Waals surface area contributed by atoms with Gasteiger partial charge in [-0.3, -0.25) is 9.36 Å². The number of hydrogen-bond donors (Lipinski definition) is 1. The van der Waals surface area contributed by atoms with Crippen LogP contribution in [-0.2, 0) is 6.54 Å². The maximum absolute atomic E-state index is 11.7. The Kier molecular flexibility index (Phi) is 5.05. The molecule has 1 heterocycles. The molecule has 2 N–H and O–H groups in total. The first kappa shape index (κ1) is 15.2. The smallest absolute Gasteiger partial charge is 0.253 e. The first-order valence-corrected chi connectivity index (χ1v) is 7.03. The molecule has 5 nitrogen and oxygen atoms in total. The van der Waals surface area contributed by atoms with Crippen LogP contribution >= 0.6 is 12.2 Å². The van der Waals surface area contributed by atoms with E-state index >= 15 is 0 Å². The van der Waals surface area contributed by atoms with Crippen molar-refractivity contribution in [1.29, 1.82) is 0 Å². The van der Waals surface area contributed by atoms with E-state index in [2.05, 4.69) is 4.98 Å². The Morgan fingerprint density at radius 1 is 1.43 bits per heavy atom. The van der Waals surface area contributed by atoms with Crippen molar-refractivity contribution < 1.29 is 4.74 Å². The molecule has 0 saturated carbocycles. The van der Waals surface area contributed by atoms with Crippen molar-refractivity contribution in [3.8, 4) is 5.75 Å². The number of aromatic nitrogens is 2. The van der Waals surface area contributed by atoms with E-state index in [1.54, 1.807) is 17.8 Å². The van der Waals surface area contributed by atoms with Gasteiger partial charge in [-0.15, -0.1) is 0 Å². The van der Waals surface area contributed by atoms with Crippen LogP contribution in [0.5, 0.6) is 5.75 Å². The minimum Gasteiger partial charge on any atom is -0.494 e. The van der Waals surface area contributed by atoms with Crippen LogP contribution in [0.2, 0.25) is 0 Å². The number of nitrogens with zero attached hydrogens (tertiary/aromatic N) is 2. The SMILES string of the molecule is Cc1cc(=O)n(CCCOc2cccc(C(N)=S)c2)cn1. The van der Waals surface area contributed by atoms with Gasteiger partial charge >= 0.3 is 0 Å². The summed E-state index contributed by atoms with van der Waals surface area (Å²) < 4.78 is 7.20. The third kappa shape index (κ3) is 4.39. The third-order valence-corrected chi connectivity index (χ3v) is 3.18. The lowest BCUT2D eigenvalue weighted by atomic mass is 10.2. The summed E-state index contributed by atoms with van der Waals surface area (Å²) in [5.74, 6) is 0.717. The summed E-state index contributed by atoms with van der Waals surface area (Å²) >= 11 is 4.92. The Morgan fingerprint density at radius 2 is 2.24 bits per heavy atom. The van der Waals surface area contributed by atoms with E-state index in [4.69, 9.17) is 22.7 Å². The topological polar surface area (TPSA) is 70.1 Å². The molecule has 0 aliphatic carbocycles. The van der Waals surface area contributed by atoms with E-state index in [1.165, 1.54) is 6.07 Å². The molecule has 0 bridgehead atoms. The normalized spacial score (nSPS) is 10.3. The molecular weight excluding hydrogens is 286 g/mol. The van der Waals surface area contributed by atoms with E-state index < -0.39 is 0 Å². The molecule has 0 aliphatic rings. The highest BCUT2D eigenvalue weighted by Gasteiger charge is 2.00. The lowest BCUT2D eigenvalue weighted by molar-refractivity contribution is 0.300. The fourth-order valence-electron chi connectivity index (χ4n) is 1.85. The van der Waals surface area contributed by atoms with Gasteiger partial charge < -0.3 is 10.5 Å². The molecule has 0 atom stereocenters. The number of nitrogens with two attached hydrogens (primary N) is 1. The second kappa shape index (κ2) is 6.99. The van der Waals surface area contributed by atoms with Gasteiger partial charge in [0.05, 0.1) is 12.9 Å². The summed E-state index contributed by atoms with van der Waals surface area (Å²) in [6, 6.07) is 8.86. The first-order valence-electron chi connectivity index (χ1n) is 6.62. The summed E-state index contributed by atoms with van der Waals surface area (Å²) in [4.78, 5) is 16.1. The molecule has 0 saturated heterocycles. The van der Waals surface area contributed by atoms with Crippen molar-refractivity contribution >= 4 is 17.2 Å². The molecule has 0 fully saturated rings. The standard InChI is InChI=1S/C15H17N3O2S/c1-11-8-14(19)18(10-17-11)6-3-7-20-13-5-2-4-12(9-13)15(16)21/h2,4-5,8-10H,3,6-7H2,1H3,(H2,16,21). The Labute approximate surface area is 128 Å². The molecule has 0 amide bonds. The minimum atomic E-state index is -0.0435. The molecule has 0 radical (unpaired) electrons. The van der Waals surface area contributed by atoms with Crippen molar-refractivity contribution in [1.82, 2.24) is 9.55 Å². The molecule has 0 aliphatic heterocycles. The number of aryl methyl sites for hydroxylation is 2. The van der Waals surface area contributed by atoms with Crippen molar-refractivity contribution in [2.24, 2.45) is 5.73 Å². The fourth-order valence-corrected chi connectivity index (χ4v) is 1.98. The van der Waals surface area contributed by atoms with Gasteiger partial charge in [-0.05, 0) is 25.5 Å². The van der Waals surface area contributed by atoms with E-state index in [0.29, 0.717) is 24.6 Å². The molecule has 110 valence electrons. The zero-order valence-electron chi connectivity index (χ0n) is 11.8. The van der Waals surface area contributed by atoms with Crippen LogP contribution in [-0.4, -0.2) is 21.1 Å². The van der Waals surface area contributed by atoms with Crippen LogP contribution < -0.4 is 16.0 Å². The highest BCUT2D eigenvalue weighted by Crippen LogP contribution is 2.13. The molecule has 1 aromatic carbocycles. The van der Waals surface area contributed by atoms with E-state index in [1.807, 2.05) is 24.3 Å². The lowest BCUT2D eigenvalue weighted by Gasteiger charge is -2.08. The second-order valence-electron chi connectivity index (χ2n) is 4.66. The highest BCUT2D eigenvalue weighted by molar-refractivity contribution is 7.80. The predicted octanol–water partition coefficient (Wildman–Crippen LogP) is 1.66. The molecular formula is C15H17N3O2S. The quantitative estimate of drug-likeness (QED) is 0.649. The summed E-state index contributed by atoms with van der Waals surface area (Å²) in [5, 5.41) is 0. The predicted molar refractivity (Wildman–Crippen MR) is 85.7 cm³/mol. The monoisotopic (exact) mass is 303 g/mol. The Hall–Kier alpha value is -2.21. The highest BCUT2D eigenvalue weighted by atomic mass is 32.1. The molecule has 2 rings (SSSR count). The molecule has 6 heteroatoms. The molecule has 0 spiro atoms. The van der Waals surface area contributed by atoms with Crippen molar-refractivity contribution in [2.75, 3.05) is 6.61 Å². The van der Waals surface area contributed by atoms with Gasteiger partial charge in [-0.25, -0.2) is 4.98 Å². The zero-order chi connectivity index (χ0) is 15.2. The van der Waals surface area contributed by atoms with Crippen molar-refractivity contribution in [3.63, 3.8) is 0 Å². The van der Waals surface area contributed by atoms with Crippen LogP contribution in [0.25, 0.3) is 0 Å². The Bertz CT molecular complexity index is 697. The van der Waals surface area contributed by atoms with E-state index in [9.17, 15) is 4.79 Å². The number of rotatable bonds is 6. The average Bonchev–Trinajstić information content (AvgIpc) is 2.45. The minimum absolute atomic E-state index is 0.0435. The van der Waals surface area contributed by atoms with Crippen LogP contribution in [0.15, 0.2) is 41.5 Å². The van der Waals surface area contributed by atoms with Crippen LogP contribution in [0.3, 0.4) is 0 Å². The largest absolute Gasteiger partial charge is 0.494 e. The molecule has 21 heavy (non-hydrogen) atoms. The summed E-state index contributed by atoms with van der Waals surface area (Å²) in [6.07, 6.45) is 2.27. The maximum atomic E-state index is 11.7. The van der Waals surface area contributed by atoms with Crippen molar-refractivity contribution in [2.45, 2.75) is 19.9 Å². The lowest BCUT2D eigenvalue weighted by Crippen LogP contribution is -2.21. The first-order chi connectivity index (χ1) is 10.1. The number of benzene rings is 1. The Morgan fingerprint density at radius 3 is 2.95 bits per heavy atom. The van der Waals surface area contributed by atoms with E-state index in [0.717, 1.165) is 17.0 Å². The van der Waals surface area contributed by atoms with E-state index in [-0.39, 0.29) is 5.56 Å². The third-order valence-electron chi connectivity index (χ3n) is 2.95. The van der Waals surface area contributed by atoms with Gasteiger partial charge in [0.15, 0.2) is 0 Å². The average molecular weight is 303 g/mol. The van der Waals surface area contributed by atoms with Crippen LogP contribution in [0.1, 0.15) is 17.7 Å². The number of hydrogen-bond acceptors (Lipinski definition) is 4.